The van der Waals surface area contributed by atoms with Crippen molar-refractivity contribution in [2.75, 3.05) is 19.0 Å². The van der Waals surface area contributed by atoms with Crippen LogP contribution in [0.3, 0.4) is 0 Å². The van der Waals surface area contributed by atoms with Gasteiger partial charge in [0.15, 0.2) is 5.13 Å². The third-order valence-corrected chi connectivity index (χ3v) is 6.63. The number of hydrogen-bond donors (Lipinski definition) is 1. The Morgan fingerprint density at radius 1 is 1.23 bits per heavy atom. The van der Waals surface area contributed by atoms with Crippen LogP contribution in [0.15, 0.2) is 18.6 Å². The highest BCUT2D eigenvalue weighted by molar-refractivity contribution is 7.15. The number of ether oxygens (including phenoxy) is 3. The molecule has 9 nitrogen and oxygen atoms in total. The molecule has 1 amide bonds. The first-order valence-corrected chi connectivity index (χ1v) is 11.5. The molecule has 0 aromatic carbocycles. The summed E-state index contributed by atoms with van der Waals surface area (Å²) in [7, 11) is 1.72. The molecule has 1 aliphatic carbocycles. The van der Waals surface area contributed by atoms with Gasteiger partial charge in [-0.1, -0.05) is 0 Å². The van der Waals surface area contributed by atoms with E-state index in [-0.39, 0.29) is 24.2 Å². The summed E-state index contributed by atoms with van der Waals surface area (Å²) < 4.78 is 17.7. The molecular weight excluding hydrogens is 418 g/mol. The van der Waals surface area contributed by atoms with Gasteiger partial charge in [-0.25, -0.2) is 15.0 Å². The SMILES string of the molecule is COC1CCCC1Oc1cc(O[C@@H]2C[C@H](C)N(Cc3cnc(NC(C)=O)s3)C2)ncn1. The molecule has 1 N–H and O–H groups in total. The molecule has 2 aromatic heterocycles. The van der Waals surface area contributed by atoms with Crippen molar-refractivity contribution in [1.29, 1.82) is 0 Å². The summed E-state index contributed by atoms with van der Waals surface area (Å²) in [5.74, 6) is 0.946. The van der Waals surface area contributed by atoms with Crippen molar-refractivity contribution in [3.8, 4) is 11.8 Å². The van der Waals surface area contributed by atoms with E-state index < -0.39 is 0 Å². The van der Waals surface area contributed by atoms with Crippen LogP contribution in [0.25, 0.3) is 0 Å². The van der Waals surface area contributed by atoms with E-state index in [1.807, 2.05) is 6.20 Å². The molecule has 4 atom stereocenters. The van der Waals surface area contributed by atoms with Gasteiger partial charge in [-0.15, -0.1) is 11.3 Å². The Bertz CT molecular complexity index is 894. The number of aromatic nitrogens is 3. The van der Waals surface area contributed by atoms with E-state index >= 15 is 0 Å². The molecule has 2 fully saturated rings. The van der Waals surface area contributed by atoms with Crippen LogP contribution in [0.4, 0.5) is 5.13 Å². The lowest BCUT2D eigenvalue weighted by Crippen LogP contribution is -2.28. The molecule has 168 valence electrons. The van der Waals surface area contributed by atoms with Crippen molar-refractivity contribution in [2.45, 2.75) is 70.4 Å². The normalized spacial score (nSPS) is 26.2. The Hall–Kier alpha value is -2.30. The quantitative estimate of drug-likeness (QED) is 0.660. The lowest BCUT2D eigenvalue weighted by molar-refractivity contribution is -0.114. The molecule has 0 spiro atoms. The van der Waals surface area contributed by atoms with Gasteiger partial charge in [0.25, 0.3) is 0 Å². The molecule has 2 unspecified atom stereocenters. The monoisotopic (exact) mass is 447 g/mol. The highest BCUT2D eigenvalue weighted by atomic mass is 32.1. The molecule has 2 aliphatic rings. The fourth-order valence-corrected chi connectivity index (χ4v) is 5.10. The van der Waals surface area contributed by atoms with Crippen LogP contribution in [0, 0.1) is 0 Å². The maximum atomic E-state index is 11.2. The third kappa shape index (κ3) is 5.69. The smallest absolute Gasteiger partial charge is 0.223 e. The predicted molar refractivity (Wildman–Crippen MR) is 116 cm³/mol. The Balaban J connectivity index is 1.32. The van der Waals surface area contributed by atoms with Crippen LogP contribution in [0.5, 0.6) is 11.8 Å². The topological polar surface area (TPSA) is 98.7 Å². The Morgan fingerprint density at radius 3 is 2.77 bits per heavy atom. The molecule has 1 aliphatic heterocycles. The van der Waals surface area contributed by atoms with Gasteiger partial charge in [0.2, 0.25) is 17.7 Å². The molecule has 3 heterocycles. The van der Waals surface area contributed by atoms with E-state index in [2.05, 4.69) is 32.1 Å². The second kappa shape index (κ2) is 9.88. The molecule has 0 bridgehead atoms. The van der Waals surface area contributed by atoms with E-state index in [4.69, 9.17) is 14.2 Å². The van der Waals surface area contributed by atoms with Gasteiger partial charge in [-0.2, -0.15) is 0 Å². The zero-order valence-corrected chi connectivity index (χ0v) is 18.9. The van der Waals surface area contributed by atoms with Crippen LogP contribution in [0.2, 0.25) is 0 Å². The predicted octanol–water partition coefficient (Wildman–Crippen LogP) is 2.88. The number of carbonyl (C=O) groups excluding carboxylic acids is 1. The summed E-state index contributed by atoms with van der Waals surface area (Å²) in [5, 5.41) is 3.36. The van der Waals surface area contributed by atoms with Crippen molar-refractivity contribution in [2.24, 2.45) is 0 Å². The standard InChI is InChI=1S/C21H29N5O4S/c1-13-7-15(10-26(13)11-16-9-22-21(31-16)25-14(2)27)29-19-8-20(24-12-23-19)30-18-6-4-5-17(18)28-3/h8-9,12-13,15,17-18H,4-7,10-11H2,1-3H3,(H,22,25,27)/t13-,15+,17?,18?/m0/s1. The molecule has 0 radical (unpaired) electrons. The van der Waals surface area contributed by atoms with Crippen molar-refractivity contribution in [1.82, 2.24) is 19.9 Å². The average Bonchev–Trinajstić information content (AvgIpc) is 3.43. The minimum absolute atomic E-state index is 0.0246. The summed E-state index contributed by atoms with van der Waals surface area (Å²) >= 11 is 1.50. The fraction of sp³-hybridized carbons (Fsp3) is 0.619. The largest absolute Gasteiger partial charge is 0.473 e. The number of rotatable bonds is 8. The molecule has 1 saturated carbocycles. The highest BCUT2D eigenvalue weighted by Gasteiger charge is 2.32. The Morgan fingerprint density at radius 2 is 2.00 bits per heavy atom. The minimum atomic E-state index is -0.109. The second-order valence-corrected chi connectivity index (χ2v) is 9.24. The maximum absolute atomic E-state index is 11.2. The third-order valence-electron chi connectivity index (χ3n) is 5.73. The number of thiazole rings is 1. The number of amides is 1. The summed E-state index contributed by atoms with van der Waals surface area (Å²) in [4.78, 5) is 27.4. The summed E-state index contributed by atoms with van der Waals surface area (Å²) in [6.07, 6.45) is 7.47. The van der Waals surface area contributed by atoms with Gasteiger partial charge in [-0.05, 0) is 26.2 Å². The van der Waals surface area contributed by atoms with Gasteiger partial charge >= 0.3 is 0 Å². The number of nitrogens with one attached hydrogen (secondary N) is 1. The van der Waals surface area contributed by atoms with Gasteiger partial charge < -0.3 is 19.5 Å². The first-order valence-electron chi connectivity index (χ1n) is 10.6. The molecular formula is C21H29N5O4S. The van der Waals surface area contributed by atoms with Crippen molar-refractivity contribution in [3.63, 3.8) is 0 Å². The van der Waals surface area contributed by atoms with Crippen LogP contribution in [-0.4, -0.2) is 63.8 Å². The lowest BCUT2D eigenvalue weighted by atomic mass is 10.2. The first-order chi connectivity index (χ1) is 15.0. The Labute approximate surface area is 186 Å². The molecule has 31 heavy (non-hydrogen) atoms. The molecule has 4 rings (SSSR count). The number of carbonyl (C=O) groups is 1. The maximum Gasteiger partial charge on any atom is 0.223 e. The van der Waals surface area contributed by atoms with E-state index in [1.165, 1.54) is 24.6 Å². The summed E-state index contributed by atoms with van der Waals surface area (Å²) in [6, 6.07) is 2.14. The number of likely N-dealkylation sites (tertiary alicyclic amines) is 1. The van der Waals surface area contributed by atoms with Gasteiger partial charge in [0.05, 0.1) is 12.2 Å². The highest BCUT2D eigenvalue weighted by Crippen LogP contribution is 2.29. The lowest BCUT2D eigenvalue weighted by Gasteiger charge is -2.20. The zero-order valence-electron chi connectivity index (χ0n) is 18.1. The van der Waals surface area contributed by atoms with Gasteiger partial charge in [0.1, 0.15) is 18.5 Å². The van der Waals surface area contributed by atoms with Crippen LogP contribution in [0.1, 0.15) is 44.4 Å². The average molecular weight is 448 g/mol. The number of hydrogen-bond acceptors (Lipinski definition) is 9. The minimum Gasteiger partial charge on any atom is -0.473 e. The van der Waals surface area contributed by atoms with Crippen molar-refractivity contribution >= 4 is 22.4 Å². The van der Waals surface area contributed by atoms with Crippen LogP contribution >= 0.6 is 11.3 Å². The fourth-order valence-electron chi connectivity index (χ4n) is 4.21. The number of nitrogens with zero attached hydrogens (tertiary/aromatic N) is 4. The molecule has 10 heteroatoms. The van der Waals surface area contributed by atoms with Crippen molar-refractivity contribution in [3.05, 3.63) is 23.5 Å². The van der Waals surface area contributed by atoms with Crippen molar-refractivity contribution < 1.29 is 19.0 Å². The summed E-state index contributed by atoms with van der Waals surface area (Å²) in [5.41, 5.74) is 0. The van der Waals surface area contributed by atoms with E-state index in [0.29, 0.717) is 22.9 Å². The zero-order chi connectivity index (χ0) is 21.8. The molecule has 1 saturated heterocycles. The van der Waals surface area contributed by atoms with Gasteiger partial charge in [0, 0.05) is 50.7 Å². The van der Waals surface area contributed by atoms with E-state index in [0.717, 1.165) is 43.6 Å². The molecule has 2 aromatic rings. The second-order valence-electron chi connectivity index (χ2n) is 8.12. The van der Waals surface area contributed by atoms with E-state index in [9.17, 15) is 4.79 Å². The Kier molecular flexibility index (Phi) is 6.99. The van der Waals surface area contributed by atoms with Crippen LogP contribution in [-0.2, 0) is 16.1 Å². The number of anilines is 1. The van der Waals surface area contributed by atoms with Crippen LogP contribution < -0.4 is 14.8 Å². The summed E-state index contributed by atoms with van der Waals surface area (Å²) in [6.45, 7) is 5.25. The first kappa shape index (κ1) is 21.9. The van der Waals surface area contributed by atoms with Gasteiger partial charge in [-0.3, -0.25) is 9.69 Å². The number of methoxy groups -OCH3 is 1. The van der Waals surface area contributed by atoms with E-state index in [1.54, 1.807) is 13.2 Å².